The van der Waals surface area contributed by atoms with Crippen LogP contribution in [0.15, 0.2) is 74.8 Å². The van der Waals surface area contributed by atoms with Gasteiger partial charge in [-0.05, 0) is 36.2 Å². The summed E-state index contributed by atoms with van der Waals surface area (Å²) in [6.07, 6.45) is 2.26. The Morgan fingerprint density at radius 2 is 1.86 bits per heavy atom. The lowest BCUT2D eigenvalue weighted by atomic mass is 10.2. The predicted molar refractivity (Wildman–Crippen MR) is 134 cm³/mol. The van der Waals surface area contributed by atoms with E-state index in [1.54, 1.807) is 12.1 Å². The van der Waals surface area contributed by atoms with E-state index in [1.165, 1.54) is 27.8 Å². The van der Waals surface area contributed by atoms with E-state index in [-0.39, 0.29) is 49.2 Å². The quantitative estimate of drug-likeness (QED) is 0.370. The van der Waals surface area contributed by atoms with E-state index < -0.39 is 11.2 Å². The van der Waals surface area contributed by atoms with Crippen molar-refractivity contribution in [2.24, 2.45) is 0 Å². The van der Waals surface area contributed by atoms with Crippen molar-refractivity contribution >= 4 is 17.4 Å². The minimum atomic E-state index is -0.724. The fourth-order valence-corrected chi connectivity index (χ4v) is 3.87. The summed E-state index contributed by atoms with van der Waals surface area (Å²) in [5.74, 6) is -0.0133. The molecule has 2 aromatic heterocycles. The SMILES string of the molecule is CCCN(C(=O)CCc1ncc(-c2ccc(F)cc2)o1)c1c(N)n(Cc2ccccc2)c(=O)[nH]c1=O. The number of aryl methyl sites for hydroxylation is 1. The molecule has 0 fully saturated rings. The van der Waals surface area contributed by atoms with Crippen molar-refractivity contribution in [1.82, 2.24) is 14.5 Å². The Morgan fingerprint density at radius 1 is 1.14 bits per heavy atom. The molecule has 2 heterocycles. The number of nitrogens with one attached hydrogen (secondary N) is 1. The number of carbonyl (C=O) groups excluding carboxylic acids is 1. The molecule has 0 aliphatic heterocycles. The summed E-state index contributed by atoms with van der Waals surface area (Å²) < 4.78 is 20.1. The summed E-state index contributed by atoms with van der Waals surface area (Å²) >= 11 is 0. The molecule has 0 aliphatic carbocycles. The maximum absolute atomic E-state index is 13.2. The van der Waals surface area contributed by atoms with Crippen LogP contribution in [0.3, 0.4) is 0 Å². The Labute approximate surface area is 206 Å². The molecule has 0 bridgehead atoms. The number of benzene rings is 2. The van der Waals surface area contributed by atoms with Gasteiger partial charge in [0.1, 0.15) is 11.6 Å². The van der Waals surface area contributed by atoms with Crippen molar-refractivity contribution in [2.75, 3.05) is 17.2 Å². The monoisotopic (exact) mass is 491 g/mol. The van der Waals surface area contributed by atoms with E-state index in [0.29, 0.717) is 23.6 Å². The maximum atomic E-state index is 13.2. The molecule has 36 heavy (non-hydrogen) atoms. The van der Waals surface area contributed by atoms with Crippen LogP contribution in [0.5, 0.6) is 0 Å². The van der Waals surface area contributed by atoms with Gasteiger partial charge >= 0.3 is 5.69 Å². The van der Waals surface area contributed by atoms with Crippen LogP contribution in [0.1, 0.15) is 31.2 Å². The van der Waals surface area contributed by atoms with Gasteiger partial charge in [-0.15, -0.1) is 0 Å². The molecule has 0 unspecified atom stereocenters. The number of anilines is 2. The molecule has 1 amide bonds. The Balaban J connectivity index is 1.55. The van der Waals surface area contributed by atoms with Crippen molar-refractivity contribution in [3.05, 3.63) is 98.9 Å². The molecule has 0 spiro atoms. The Kier molecular flexibility index (Phi) is 7.43. The normalized spacial score (nSPS) is 10.9. The number of nitrogens with zero attached hydrogens (tertiary/aromatic N) is 3. The van der Waals surface area contributed by atoms with Crippen LogP contribution in [-0.2, 0) is 17.8 Å². The molecule has 0 aliphatic rings. The van der Waals surface area contributed by atoms with E-state index >= 15 is 0 Å². The van der Waals surface area contributed by atoms with Gasteiger partial charge in [-0.2, -0.15) is 0 Å². The van der Waals surface area contributed by atoms with Crippen molar-refractivity contribution in [2.45, 2.75) is 32.7 Å². The average Bonchev–Trinajstić information content (AvgIpc) is 3.34. The minimum Gasteiger partial charge on any atom is -0.441 e. The van der Waals surface area contributed by atoms with Gasteiger partial charge in [0.05, 0.1) is 12.7 Å². The zero-order valence-electron chi connectivity index (χ0n) is 19.7. The summed E-state index contributed by atoms with van der Waals surface area (Å²) in [7, 11) is 0. The van der Waals surface area contributed by atoms with Gasteiger partial charge in [0.25, 0.3) is 5.56 Å². The number of oxazole rings is 1. The average molecular weight is 492 g/mol. The summed E-state index contributed by atoms with van der Waals surface area (Å²) in [6, 6.07) is 15.0. The number of amides is 1. The standard InChI is InChI=1S/C26H26FN5O4/c1-2-14-31(22(33)13-12-21-29-15-20(36-21)18-8-10-19(27)11-9-18)23-24(28)32(26(35)30-25(23)34)16-17-6-4-3-5-7-17/h3-11,15H,2,12-14,16,28H2,1H3,(H,30,34,35). The Bertz CT molecular complexity index is 1460. The first-order valence-corrected chi connectivity index (χ1v) is 11.5. The van der Waals surface area contributed by atoms with Crippen molar-refractivity contribution in [3.63, 3.8) is 0 Å². The number of hydrogen-bond acceptors (Lipinski definition) is 6. The number of nitrogens with two attached hydrogens (primary N) is 1. The Morgan fingerprint density at radius 3 is 2.56 bits per heavy atom. The van der Waals surface area contributed by atoms with E-state index in [2.05, 4.69) is 9.97 Å². The third-order valence-electron chi connectivity index (χ3n) is 5.65. The second kappa shape index (κ2) is 10.9. The van der Waals surface area contributed by atoms with Crippen molar-refractivity contribution in [3.8, 4) is 11.3 Å². The fourth-order valence-electron chi connectivity index (χ4n) is 3.87. The van der Waals surface area contributed by atoms with Gasteiger partial charge in [0.15, 0.2) is 17.3 Å². The first-order chi connectivity index (χ1) is 17.4. The summed E-state index contributed by atoms with van der Waals surface area (Å²) in [5, 5.41) is 0. The second-order valence-corrected chi connectivity index (χ2v) is 8.24. The molecule has 186 valence electrons. The van der Waals surface area contributed by atoms with E-state index in [4.69, 9.17) is 10.2 Å². The van der Waals surface area contributed by atoms with Crippen LogP contribution in [0.2, 0.25) is 0 Å². The van der Waals surface area contributed by atoms with E-state index in [1.807, 2.05) is 37.3 Å². The third-order valence-corrected chi connectivity index (χ3v) is 5.65. The topological polar surface area (TPSA) is 127 Å². The summed E-state index contributed by atoms with van der Waals surface area (Å²) in [6.45, 7) is 2.25. The van der Waals surface area contributed by atoms with Crippen LogP contribution in [-0.4, -0.2) is 27.0 Å². The Hall–Kier alpha value is -4.47. The molecule has 0 atom stereocenters. The number of rotatable bonds is 9. The summed E-state index contributed by atoms with van der Waals surface area (Å²) in [4.78, 5) is 46.2. The molecule has 0 saturated carbocycles. The van der Waals surface area contributed by atoms with Gasteiger partial charge in [-0.3, -0.25) is 19.1 Å². The molecule has 3 N–H and O–H groups in total. The fraction of sp³-hybridized carbons (Fsp3) is 0.231. The number of aromatic amines is 1. The lowest BCUT2D eigenvalue weighted by Gasteiger charge is -2.24. The molecular formula is C26H26FN5O4. The lowest BCUT2D eigenvalue weighted by Crippen LogP contribution is -2.41. The van der Waals surface area contributed by atoms with Crippen LogP contribution >= 0.6 is 0 Å². The number of aromatic nitrogens is 3. The zero-order valence-corrected chi connectivity index (χ0v) is 19.7. The smallest absolute Gasteiger partial charge is 0.330 e. The minimum absolute atomic E-state index is 0.0000624. The molecule has 0 saturated heterocycles. The summed E-state index contributed by atoms with van der Waals surface area (Å²) in [5.41, 5.74) is 6.33. The number of H-pyrrole nitrogens is 1. The molecular weight excluding hydrogens is 465 g/mol. The first kappa shape index (κ1) is 24.6. The molecule has 4 rings (SSSR count). The molecule has 9 nitrogen and oxygen atoms in total. The molecule has 2 aromatic carbocycles. The highest BCUT2D eigenvalue weighted by atomic mass is 19.1. The number of halogens is 1. The van der Waals surface area contributed by atoms with Crippen LogP contribution < -0.4 is 21.9 Å². The highest BCUT2D eigenvalue weighted by Crippen LogP contribution is 2.23. The molecule has 4 aromatic rings. The third kappa shape index (κ3) is 5.43. The van der Waals surface area contributed by atoms with Gasteiger partial charge in [0, 0.05) is 24.9 Å². The van der Waals surface area contributed by atoms with Crippen molar-refractivity contribution in [1.29, 1.82) is 0 Å². The number of carbonyl (C=O) groups is 1. The van der Waals surface area contributed by atoms with Crippen LogP contribution in [0.25, 0.3) is 11.3 Å². The highest BCUT2D eigenvalue weighted by Gasteiger charge is 2.24. The molecule has 10 heteroatoms. The predicted octanol–water partition coefficient (Wildman–Crippen LogP) is 3.34. The van der Waals surface area contributed by atoms with E-state index in [9.17, 15) is 18.8 Å². The zero-order chi connectivity index (χ0) is 25.7. The van der Waals surface area contributed by atoms with Crippen LogP contribution in [0.4, 0.5) is 15.9 Å². The van der Waals surface area contributed by atoms with Crippen LogP contribution in [0, 0.1) is 5.82 Å². The maximum Gasteiger partial charge on any atom is 0.330 e. The largest absolute Gasteiger partial charge is 0.441 e. The molecule has 0 radical (unpaired) electrons. The van der Waals surface area contributed by atoms with Gasteiger partial charge < -0.3 is 15.1 Å². The van der Waals surface area contributed by atoms with Crippen molar-refractivity contribution < 1.29 is 13.6 Å². The van der Waals surface area contributed by atoms with Gasteiger partial charge in [-0.1, -0.05) is 37.3 Å². The van der Waals surface area contributed by atoms with Gasteiger partial charge in [0.2, 0.25) is 5.91 Å². The lowest BCUT2D eigenvalue weighted by molar-refractivity contribution is -0.118. The van der Waals surface area contributed by atoms with E-state index in [0.717, 1.165) is 5.56 Å². The highest BCUT2D eigenvalue weighted by molar-refractivity contribution is 5.95. The van der Waals surface area contributed by atoms with Gasteiger partial charge in [-0.25, -0.2) is 14.2 Å². The second-order valence-electron chi connectivity index (χ2n) is 8.24. The number of hydrogen-bond donors (Lipinski definition) is 2. The first-order valence-electron chi connectivity index (χ1n) is 11.5. The number of nitrogen functional groups attached to an aromatic ring is 1.